The molecule has 3 nitrogen and oxygen atoms in total. The van der Waals surface area contributed by atoms with Crippen LogP contribution in [0, 0.1) is 6.92 Å². The fourth-order valence-electron chi connectivity index (χ4n) is 2.43. The molecule has 0 fully saturated rings. The molecule has 3 heteroatoms. The number of hydrogen-bond donors (Lipinski definition) is 1. The predicted octanol–water partition coefficient (Wildman–Crippen LogP) is 4.16. The number of hydrogen-bond acceptors (Lipinski definition) is 3. The number of aryl methyl sites for hydroxylation is 1. The zero-order valence-corrected chi connectivity index (χ0v) is 12.3. The van der Waals surface area contributed by atoms with E-state index in [2.05, 4.69) is 47.6 Å². The van der Waals surface area contributed by atoms with Crippen LogP contribution in [0.2, 0.25) is 0 Å². The first-order chi connectivity index (χ1) is 10.3. The van der Waals surface area contributed by atoms with Crippen molar-refractivity contribution in [2.24, 2.45) is 0 Å². The van der Waals surface area contributed by atoms with Gasteiger partial charge < -0.3 is 10.1 Å². The SMILES string of the molecule is COc1ccc(C)cc1CNc1ccc2ncccc2c1. The Hall–Kier alpha value is -2.55. The lowest BCUT2D eigenvalue weighted by Crippen LogP contribution is -2.02. The molecule has 1 heterocycles. The Bertz CT molecular complexity index is 768. The van der Waals surface area contributed by atoms with Gasteiger partial charge in [-0.3, -0.25) is 4.98 Å². The average Bonchev–Trinajstić information content (AvgIpc) is 2.53. The molecule has 0 aliphatic heterocycles. The zero-order chi connectivity index (χ0) is 14.7. The summed E-state index contributed by atoms with van der Waals surface area (Å²) in [7, 11) is 1.70. The summed E-state index contributed by atoms with van der Waals surface area (Å²) in [5, 5.41) is 4.58. The Morgan fingerprint density at radius 1 is 1.10 bits per heavy atom. The fourth-order valence-corrected chi connectivity index (χ4v) is 2.43. The predicted molar refractivity (Wildman–Crippen MR) is 86.8 cm³/mol. The van der Waals surface area contributed by atoms with Crippen molar-refractivity contribution in [1.82, 2.24) is 4.98 Å². The first-order valence-corrected chi connectivity index (χ1v) is 6.98. The summed E-state index contributed by atoms with van der Waals surface area (Å²) >= 11 is 0. The molecule has 0 radical (unpaired) electrons. The van der Waals surface area contributed by atoms with Crippen molar-refractivity contribution >= 4 is 16.6 Å². The summed E-state index contributed by atoms with van der Waals surface area (Å²) in [5.41, 5.74) is 4.48. The van der Waals surface area contributed by atoms with E-state index in [1.807, 2.05) is 24.4 Å². The maximum atomic E-state index is 5.41. The van der Waals surface area contributed by atoms with E-state index in [-0.39, 0.29) is 0 Å². The molecule has 0 saturated heterocycles. The fraction of sp³-hybridized carbons (Fsp3) is 0.167. The number of nitrogens with one attached hydrogen (secondary N) is 1. The van der Waals surface area contributed by atoms with E-state index in [0.29, 0.717) is 0 Å². The molecule has 1 N–H and O–H groups in total. The molecular formula is C18H18N2O. The van der Waals surface area contributed by atoms with Gasteiger partial charge in [-0.05, 0) is 37.3 Å². The standard InChI is InChI=1S/C18H18N2O/c1-13-5-8-18(21-2)15(10-13)12-20-16-6-7-17-14(11-16)4-3-9-19-17/h3-11,20H,12H2,1-2H3. The van der Waals surface area contributed by atoms with Gasteiger partial charge in [0.2, 0.25) is 0 Å². The second-order valence-electron chi connectivity index (χ2n) is 5.08. The monoisotopic (exact) mass is 278 g/mol. The summed E-state index contributed by atoms with van der Waals surface area (Å²) in [5.74, 6) is 0.913. The lowest BCUT2D eigenvalue weighted by atomic mass is 10.1. The molecule has 0 atom stereocenters. The van der Waals surface area contributed by atoms with Gasteiger partial charge in [0.1, 0.15) is 5.75 Å². The second-order valence-corrected chi connectivity index (χ2v) is 5.08. The Morgan fingerprint density at radius 3 is 2.86 bits per heavy atom. The van der Waals surface area contributed by atoms with E-state index in [1.165, 1.54) is 5.56 Å². The molecule has 0 spiro atoms. The van der Waals surface area contributed by atoms with Crippen molar-refractivity contribution in [2.45, 2.75) is 13.5 Å². The van der Waals surface area contributed by atoms with E-state index in [4.69, 9.17) is 4.74 Å². The maximum Gasteiger partial charge on any atom is 0.123 e. The van der Waals surface area contributed by atoms with Crippen LogP contribution in [0.5, 0.6) is 5.75 Å². The molecule has 0 aliphatic rings. The van der Waals surface area contributed by atoms with Gasteiger partial charge in [0.25, 0.3) is 0 Å². The number of methoxy groups -OCH3 is 1. The van der Waals surface area contributed by atoms with E-state index in [0.717, 1.165) is 34.4 Å². The summed E-state index contributed by atoms with van der Waals surface area (Å²) in [6, 6.07) is 16.4. The maximum absolute atomic E-state index is 5.41. The molecular weight excluding hydrogens is 260 g/mol. The van der Waals surface area contributed by atoms with Gasteiger partial charge >= 0.3 is 0 Å². The number of nitrogens with zero attached hydrogens (tertiary/aromatic N) is 1. The third-order valence-corrected chi connectivity index (χ3v) is 3.52. The topological polar surface area (TPSA) is 34.1 Å². The molecule has 2 aromatic carbocycles. The van der Waals surface area contributed by atoms with Crippen molar-refractivity contribution < 1.29 is 4.74 Å². The summed E-state index contributed by atoms with van der Waals surface area (Å²) in [6.07, 6.45) is 1.81. The minimum atomic E-state index is 0.733. The van der Waals surface area contributed by atoms with E-state index in [9.17, 15) is 0 Å². The summed E-state index contributed by atoms with van der Waals surface area (Å²) < 4.78 is 5.41. The highest BCUT2D eigenvalue weighted by Gasteiger charge is 2.03. The van der Waals surface area contributed by atoms with Crippen LogP contribution < -0.4 is 10.1 Å². The highest BCUT2D eigenvalue weighted by Crippen LogP contribution is 2.22. The molecule has 3 rings (SSSR count). The minimum absolute atomic E-state index is 0.733. The number of benzene rings is 2. The van der Waals surface area contributed by atoms with Crippen molar-refractivity contribution in [1.29, 1.82) is 0 Å². The molecule has 0 aliphatic carbocycles. The van der Waals surface area contributed by atoms with Crippen LogP contribution in [0.3, 0.4) is 0 Å². The lowest BCUT2D eigenvalue weighted by molar-refractivity contribution is 0.410. The van der Waals surface area contributed by atoms with E-state index < -0.39 is 0 Å². The highest BCUT2D eigenvalue weighted by atomic mass is 16.5. The Kier molecular flexibility index (Phi) is 3.73. The van der Waals surface area contributed by atoms with Gasteiger partial charge in [-0.2, -0.15) is 0 Å². The Morgan fingerprint density at radius 2 is 2.00 bits per heavy atom. The van der Waals surface area contributed by atoms with Crippen molar-refractivity contribution in [2.75, 3.05) is 12.4 Å². The Labute approximate surface area is 124 Å². The van der Waals surface area contributed by atoms with Crippen LogP contribution in [-0.2, 0) is 6.54 Å². The number of anilines is 1. The van der Waals surface area contributed by atoms with Crippen LogP contribution >= 0.6 is 0 Å². The molecule has 1 aromatic heterocycles. The minimum Gasteiger partial charge on any atom is -0.496 e. The number of aromatic nitrogens is 1. The van der Waals surface area contributed by atoms with Crippen molar-refractivity contribution in [3.8, 4) is 5.75 Å². The normalized spacial score (nSPS) is 10.6. The van der Waals surface area contributed by atoms with Gasteiger partial charge in [-0.1, -0.05) is 23.8 Å². The molecule has 0 bridgehead atoms. The van der Waals surface area contributed by atoms with Gasteiger partial charge in [-0.25, -0.2) is 0 Å². The molecule has 106 valence electrons. The first kappa shape index (κ1) is 13.4. The number of fused-ring (bicyclic) bond motifs is 1. The molecule has 0 unspecified atom stereocenters. The Balaban J connectivity index is 1.81. The molecule has 21 heavy (non-hydrogen) atoms. The molecule has 0 saturated carbocycles. The van der Waals surface area contributed by atoms with Gasteiger partial charge in [0, 0.05) is 29.4 Å². The van der Waals surface area contributed by atoms with E-state index in [1.54, 1.807) is 7.11 Å². The van der Waals surface area contributed by atoms with Crippen molar-refractivity contribution in [3.05, 3.63) is 65.9 Å². The molecule has 3 aromatic rings. The first-order valence-electron chi connectivity index (χ1n) is 6.98. The largest absolute Gasteiger partial charge is 0.496 e. The molecule has 0 amide bonds. The quantitative estimate of drug-likeness (QED) is 0.778. The number of rotatable bonds is 4. The second kappa shape index (κ2) is 5.83. The lowest BCUT2D eigenvalue weighted by Gasteiger charge is -2.12. The van der Waals surface area contributed by atoms with Crippen molar-refractivity contribution in [3.63, 3.8) is 0 Å². The van der Waals surface area contributed by atoms with Crippen LogP contribution in [0.1, 0.15) is 11.1 Å². The van der Waals surface area contributed by atoms with Crippen LogP contribution in [0.25, 0.3) is 10.9 Å². The highest BCUT2D eigenvalue weighted by molar-refractivity contribution is 5.82. The van der Waals surface area contributed by atoms with Crippen LogP contribution in [0.4, 0.5) is 5.69 Å². The third-order valence-electron chi connectivity index (χ3n) is 3.52. The third kappa shape index (κ3) is 2.97. The van der Waals surface area contributed by atoms with E-state index >= 15 is 0 Å². The van der Waals surface area contributed by atoms with Gasteiger partial charge in [-0.15, -0.1) is 0 Å². The number of ether oxygens (including phenoxy) is 1. The van der Waals surface area contributed by atoms with Gasteiger partial charge in [0.05, 0.1) is 12.6 Å². The average molecular weight is 278 g/mol. The summed E-state index contributed by atoms with van der Waals surface area (Å²) in [4.78, 5) is 4.33. The van der Waals surface area contributed by atoms with Gasteiger partial charge in [0.15, 0.2) is 0 Å². The summed E-state index contributed by atoms with van der Waals surface area (Å²) in [6.45, 7) is 2.82. The van der Waals surface area contributed by atoms with Crippen LogP contribution in [-0.4, -0.2) is 12.1 Å². The number of pyridine rings is 1. The van der Waals surface area contributed by atoms with Crippen LogP contribution in [0.15, 0.2) is 54.7 Å². The zero-order valence-electron chi connectivity index (χ0n) is 12.3. The smallest absolute Gasteiger partial charge is 0.123 e.